The number of thiophene rings is 1. The maximum Gasteiger partial charge on any atom is 0.320 e. The number of nitrogens with zero attached hydrogens (tertiary/aromatic N) is 1. The second-order valence-electron chi connectivity index (χ2n) is 3.99. The molecule has 1 aliphatic heterocycles. The molecule has 1 atom stereocenters. The first-order valence-corrected chi connectivity index (χ1v) is 7.68. The van der Waals surface area contributed by atoms with Gasteiger partial charge >= 0.3 is 5.97 Å². The quantitative estimate of drug-likeness (QED) is 0.895. The van der Waals surface area contributed by atoms with E-state index >= 15 is 0 Å². The summed E-state index contributed by atoms with van der Waals surface area (Å²) in [5.74, 6) is -2.15. The van der Waals surface area contributed by atoms with Gasteiger partial charge in [-0.3, -0.25) is 4.79 Å². The van der Waals surface area contributed by atoms with E-state index in [1.54, 1.807) is 18.3 Å². The van der Waals surface area contributed by atoms with Crippen LogP contribution in [0.4, 0.5) is 0 Å². The highest BCUT2D eigenvalue weighted by Crippen LogP contribution is 2.34. The van der Waals surface area contributed by atoms with Gasteiger partial charge in [-0.15, -0.1) is 11.3 Å². The first-order chi connectivity index (χ1) is 7.92. The van der Waals surface area contributed by atoms with E-state index in [9.17, 15) is 13.2 Å². The van der Waals surface area contributed by atoms with Gasteiger partial charge in [-0.2, -0.15) is 4.31 Å². The lowest BCUT2D eigenvalue weighted by Crippen LogP contribution is -2.41. The Hall–Kier alpha value is -0.920. The summed E-state index contributed by atoms with van der Waals surface area (Å²) in [6, 6.07) is 1.64. The molecule has 0 amide bonds. The molecule has 1 aromatic heterocycles. The van der Waals surface area contributed by atoms with E-state index in [-0.39, 0.29) is 6.04 Å². The monoisotopic (exact) mass is 275 g/mol. The molecule has 1 N–H and O–H groups in total. The lowest BCUT2D eigenvalue weighted by Gasteiger charge is -2.32. The number of fused-ring (bicyclic) bond motifs is 1. The highest BCUT2D eigenvalue weighted by atomic mass is 32.2. The third kappa shape index (κ3) is 2.36. The molecule has 0 fully saturated rings. The van der Waals surface area contributed by atoms with Crippen molar-refractivity contribution < 1.29 is 18.3 Å². The van der Waals surface area contributed by atoms with E-state index in [4.69, 9.17) is 5.11 Å². The van der Waals surface area contributed by atoms with Gasteiger partial charge in [-0.1, -0.05) is 0 Å². The van der Waals surface area contributed by atoms with Gasteiger partial charge in [-0.25, -0.2) is 8.42 Å². The molecule has 2 heterocycles. The van der Waals surface area contributed by atoms with Crippen LogP contribution in [0, 0.1) is 0 Å². The Labute approximate surface area is 104 Å². The minimum Gasteiger partial charge on any atom is -0.480 e. The van der Waals surface area contributed by atoms with Gasteiger partial charge in [0.1, 0.15) is 0 Å². The molecule has 0 saturated heterocycles. The van der Waals surface area contributed by atoms with Crippen LogP contribution in [-0.4, -0.2) is 36.1 Å². The zero-order valence-corrected chi connectivity index (χ0v) is 10.9. The Kier molecular flexibility index (Phi) is 3.24. The number of carboxylic acids is 1. The summed E-state index contributed by atoms with van der Waals surface area (Å²) in [4.78, 5) is 11.7. The number of hydrogen-bond acceptors (Lipinski definition) is 4. The molecule has 5 nitrogen and oxygen atoms in total. The molecule has 1 aromatic rings. The van der Waals surface area contributed by atoms with Gasteiger partial charge in [0.15, 0.2) is 5.75 Å². The summed E-state index contributed by atoms with van der Waals surface area (Å²) in [5, 5.41) is 10.6. The number of aliphatic carboxylic acids is 1. The van der Waals surface area contributed by atoms with E-state index in [0.29, 0.717) is 13.0 Å². The SMILES string of the molecule is CC1c2ccsc2CCN1S(=O)(=O)CC(=O)O. The first-order valence-electron chi connectivity index (χ1n) is 5.19. The molecule has 0 aliphatic carbocycles. The van der Waals surface area contributed by atoms with Gasteiger partial charge in [-0.05, 0) is 30.4 Å². The second kappa shape index (κ2) is 4.40. The molecule has 7 heteroatoms. The van der Waals surface area contributed by atoms with Crippen LogP contribution in [0.15, 0.2) is 11.4 Å². The van der Waals surface area contributed by atoms with Gasteiger partial charge in [0.05, 0.1) is 0 Å². The molecule has 2 rings (SSSR count). The maximum absolute atomic E-state index is 11.9. The van der Waals surface area contributed by atoms with Crippen molar-refractivity contribution >= 4 is 27.3 Å². The predicted molar refractivity (Wildman–Crippen MR) is 64.6 cm³/mol. The molecule has 0 bridgehead atoms. The van der Waals surface area contributed by atoms with Crippen LogP contribution < -0.4 is 0 Å². The van der Waals surface area contributed by atoms with Crippen LogP contribution in [0.2, 0.25) is 0 Å². The van der Waals surface area contributed by atoms with Crippen molar-refractivity contribution in [3.8, 4) is 0 Å². The van der Waals surface area contributed by atoms with Crippen LogP contribution in [-0.2, 0) is 21.2 Å². The summed E-state index contributed by atoms with van der Waals surface area (Å²) in [5.41, 5.74) is 0.996. The lowest BCUT2D eigenvalue weighted by molar-refractivity contribution is -0.134. The minimum absolute atomic E-state index is 0.269. The highest BCUT2D eigenvalue weighted by molar-refractivity contribution is 7.89. The fourth-order valence-electron chi connectivity index (χ4n) is 2.11. The molecule has 1 unspecified atom stereocenters. The van der Waals surface area contributed by atoms with Crippen molar-refractivity contribution in [2.24, 2.45) is 0 Å². The summed E-state index contributed by atoms with van der Waals surface area (Å²) in [6.45, 7) is 2.16. The molecule has 1 aliphatic rings. The van der Waals surface area contributed by atoms with Crippen molar-refractivity contribution in [1.29, 1.82) is 0 Å². The topological polar surface area (TPSA) is 74.7 Å². The van der Waals surface area contributed by atoms with Gasteiger partial charge in [0, 0.05) is 17.5 Å². The van der Waals surface area contributed by atoms with Gasteiger partial charge in [0.25, 0.3) is 0 Å². The maximum atomic E-state index is 11.9. The Morgan fingerprint density at radius 1 is 1.65 bits per heavy atom. The fraction of sp³-hybridized carbons (Fsp3) is 0.500. The normalized spacial score (nSPS) is 21.1. The number of carbonyl (C=O) groups is 1. The Balaban J connectivity index is 2.29. The smallest absolute Gasteiger partial charge is 0.320 e. The zero-order chi connectivity index (χ0) is 12.6. The van der Waals surface area contributed by atoms with E-state index in [1.165, 1.54) is 9.18 Å². The van der Waals surface area contributed by atoms with E-state index in [1.807, 2.05) is 11.4 Å². The Bertz CT molecular complexity index is 534. The average Bonchev–Trinajstić information content (AvgIpc) is 2.64. The second-order valence-corrected chi connectivity index (χ2v) is 6.91. The third-order valence-electron chi connectivity index (χ3n) is 2.88. The fourth-order valence-corrected chi connectivity index (χ4v) is 4.51. The number of carboxylic acid groups (broad SMARTS) is 1. The van der Waals surface area contributed by atoms with Gasteiger partial charge < -0.3 is 5.11 Å². The van der Waals surface area contributed by atoms with Crippen molar-refractivity contribution in [1.82, 2.24) is 4.31 Å². The third-order valence-corrected chi connectivity index (χ3v) is 5.71. The summed E-state index contributed by atoms with van der Waals surface area (Å²) < 4.78 is 25.1. The van der Waals surface area contributed by atoms with E-state index in [2.05, 4.69) is 0 Å². The van der Waals surface area contributed by atoms with Crippen LogP contribution in [0.25, 0.3) is 0 Å². The first kappa shape index (κ1) is 12.5. The molecular formula is C10H13NO4S2. The largest absolute Gasteiger partial charge is 0.480 e. The zero-order valence-electron chi connectivity index (χ0n) is 9.29. The molecule has 0 saturated carbocycles. The van der Waals surface area contributed by atoms with Crippen molar-refractivity contribution in [2.75, 3.05) is 12.3 Å². The van der Waals surface area contributed by atoms with Gasteiger partial charge in [0.2, 0.25) is 10.0 Å². The molecule has 0 radical (unpaired) electrons. The van der Waals surface area contributed by atoms with E-state index in [0.717, 1.165) is 5.56 Å². The number of rotatable bonds is 3. The standard InChI is InChI=1S/C10H13NO4S2/c1-7-8-3-5-16-9(8)2-4-11(7)17(14,15)6-10(12)13/h3,5,7H,2,4,6H2,1H3,(H,12,13). The van der Waals surface area contributed by atoms with Crippen LogP contribution in [0.5, 0.6) is 0 Å². The predicted octanol–water partition coefficient (Wildman–Crippen LogP) is 1.08. The van der Waals surface area contributed by atoms with Crippen LogP contribution >= 0.6 is 11.3 Å². The highest BCUT2D eigenvalue weighted by Gasteiger charge is 2.34. The van der Waals surface area contributed by atoms with Crippen LogP contribution in [0.3, 0.4) is 0 Å². The minimum atomic E-state index is -3.71. The molecule has 0 aromatic carbocycles. The number of sulfonamides is 1. The Morgan fingerprint density at radius 3 is 3.00 bits per heavy atom. The average molecular weight is 275 g/mol. The van der Waals surface area contributed by atoms with Crippen molar-refractivity contribution in [2.45, 2.75) is 19.4 Å². The summed E-state index contributed by atoms with van der Waals surface area (Å²) >= 11 is 1.62. The molecule has 0 spiro atoms. The molecular weight excluding hydrogens is 262 g/mol. The summed E-state index contributed by atoms with van der Waals surface area (Å²) in [6.07, 6.45) is 0.663. The van der Waals surface area contributed by atoms with Crippen molar-refractivity contribution in [3.05, 3.63) is 21.9 Å². The molecule has 94 valence electrons. The van der Waals surface area contributed by atoms with Crippen molar-refractivity contribution in [3.63, 3.8) is 0 Å². The summed E-state index contributed by atoms with van der Waals surface area (Å²) in [7, 11) is -3.71. The number of hydrogen-bond donors (Lipinski definition) is 1. The van der Waals surface area contributed by atoms with Crippen LogP contribution in [0.1, 0.15) is 23.4 Å². The lowest BCUT2D eigenvalue weighted by atomic mass is 10.0. The Morgan fingerprint density at radius 2 is 2.35 bits per heavy atom. The van der Waals surface area contributed by atoms with E-state index < -0.39 is 21.7 Å². The molecule has 17 heavy (non-hydrogen) atoms.